The van der Waals surface area contributed by atoms with Crippen LogP contribution in [0, 0.1) is 13.8 Å². The summed E-state index contributed by atoms with van der Waals surface area (Å²) < 4.78 is 23.4. The third kappa shape index (κ3) is 7.05. The van der Waals surface area contributed by atoms with E-state index in [1.54, 1.807) is 0 Å². The first kappa shape index (κ1) is 39.4. The highest BCUT2D eigenvalue weighted by molar-refractivity contribution is 7.37. The molecule has 8 nitrogen and oxygen atoms in total. The molecule has 56 heavy (non-hydrogen) atoms. The Morgan fingerprint density at radius 3 is 1.21 bits per heavy atom. The van der Waals surface area contributed by atoms with Crippen molar-refractivity contribution in [3.8, 4) is 22.3 Å². The van der Waals surface area contributed by atoms with Gasteiger partial charge in [0.25, 0.3) is 0 Å². The number of nitrogens with one attached hydrogen (secondary N) is 2. The lowest BCUT2D eigenvalue weighted by Gasteiger charge is -2.10. The van der Waals surface area contributed by atoms with Crippen LogP contribution in [0.25, 0.3) is 66.6 Å². The molecule has 0 aliphatic carbocycles. The van der Waals surface area contributed by atoms with E-state index in [2.05, 4.69) is 102 Å². The van der Waals surface area contributed by atoms with Gasteiger partial charge in [-0.05, 0) is 130 Å². The zero-order valence-electron chi connectivity index (χ0n) is 33.5. The lowest BCUT2D eigenvalue weighted by Crippen LogP contribution is -1.91. The molecule has 0 saturated heterocycles. The second-order valence-electron chi connectivity index (χ2n) is 14.8. The average molecular weight is 785 g/mol. The van der Waals surface area contributed by atoms with Gasteiger partial charge in [-0.3, -0.25) is 0 Å². The first-order valence-electron chi connectivity index (χ1n) is 19.5. The van der Waals surface area contributed by atoms with Crippen LogP contribution < -0.4 is 0 Å². The molecule has 0 radical (unpaired) electrons. The molecule has 0 fully saturated rings. The van der Waals surface area contributed by atoms with Crippen molar-refractivity contribution in [3.05, 3.63) is 117 Å². The maximum atomic E-state index is 11.7. The van der Waals surface area contributed by atoms with E-state index in [4.69, 9.17) is 9.97 Å². The summed E-state index contributed by atoms with van der Waals surface area (Å²) in [5.74, 6) is 0. The van der Waals surface area contributed by atoms with Gasteiger partial charge in [0, 0.05) is 33.3 Å². The van der Waals surface area contributed by atoms with Crippen LogP contribution in [0.15, 0.2) is 60.7 Å². The second-order valence-corrected chi connectivity index (χ2v) is 16.8. The summed E-state index contributed by atoms with van der Waals surface area (Å²) in [4.78, 5) is 38.0. The Morgan fingerprint density at radius 2 is 0.911 bits per heavy atom. The molecule has 5 aromatic rings. The Labute approximate surface area is 330 Å². The summed E-state index contributed by atoms with van der Waals surface area (Å²) in [5.41, 5.74) is 22.7. The lowest BCUT2D eigenvalue weighted by atomic mass is 9.94. The molecule has 8 bridgehead atoms. The smallest absolute Gasteiger partial charge is 0.354 e. The van der Waals surface area contributed by atoms with Gasteiger partial charge in [-0.1, -0.05) is 76.2 Å². The van der Waals surface area contributed by atoms with Gasteiger partial charge in [-0.15, -0.1) is 0 Å². The minimum atomic E-state index is -2.29. The molecule has 0 amide bonds. The Bertz CT molecular complexity index is 2480. The zero-order valence-corrected chi connectivity index (χ0v) is 35.3. The fraction of sp³-hybridized carbons (Fsp3) is 0.304. The first-order valence-corrected chi connectivity index (χ1v) is 22.3. The first-order chi connectivity index (χ1) is 26.9. The van der Waals surface area contributed by atoms with Crippen LogP contribution in [0.4, 0.5) is 0 Å². The molecule has 7 rings (SSSR count). The number of benzene rings is 2. The number of aromatic nitrogens is 4. The van der Waals surface area contributed by atoms with Gasteiger partial charge in [0.15, 0.2) is 0 Å². The minimum Gasteiger partial charge on any atom is -0.354 e. The third-order valence-corrected chi connectivity index (χ3v) is 12.9. The monoisotopic (exact) mass is 784 g/mol. The summed E-state index contributed by atoms with van der Waals surface area (Å²) in [7, 11) is -4.58. The summed E-state index contributed by atoms with van der Waals surface area (Å²) in [6.07, 6.45) is 3.44. The van der Waals surface area contributed by atoms with Crippen LogP contribution in [-0.2, 0) is 34.3 Å². The van der Waals surface area contributed by atoms with E-state index in [9.17, 15) is 18.9 Å². The van der Waals surface area contributed by atoms with Crippen molar-refractivity contribution in [2.75, 3.05) is 0 Å². The topological polar surface area (TPSA) is 132 Å². The van der Waals surface area contributed by atoms with Gasteiger partial charge in [-0.2, -0.15) is 9.79 Å². The highest BCUT2D eigenvalue weighted by Crippen LogP contribution is 2.44. The highest BCUT2D eigenvalue weighted by atomic mass is 31.1. The van der Waals surface area contributed by atoms with E-state index in [-0.39, 0.29) is 12.3 Å². The fourth-order valence-corrected chi connectivity index (χ4v) is 9.72. The Kier molecular flexibility index (Phi) is 11.2. The number of hydrogen-bond donors (Lipinski definition) is 4. The SMILES string of the molecule is CCC1=C(C)c2cc3[nH]c(c(C)c3CC)c(-c3ccc(C[P+](=O)O)cc3)c3nc(cc4[nH]c(c(C)c4CC)c(-c4ccc(C[P+](=O)O)cc4)c1n2)C(C)=C3CC. The van der Waals surface area contributed by atoms with Crippen LogP contribution in [0.5, 0.6) is 0 Å². The molecular weight excluding hydrogens is 734 g/mol. The van der Waals surface area contributed by atoms with Crippen LogP contribution >= 0.6 is 16.1 Å². The van der Waals surface area contributed by atoms with Gasteiger partial charge in [0.2, 0.25) is 12.3 Å². The quantitative estimate of drug-likeness (QED) is 0.104. The maximum absolute atomic E-state index is 11.7. The van der Waals surface area contributed by atoms with E-state index in [0.717, 1.165) is 126 Å². The van der Waals surface area contributed by atoms with Crippen molar-refractivity contribution in [2.24, 2.45) is 0 Å². The normalized spacial score (nSPS) is 13.5. The van der Waals surface area contributed by atoms with Gasteiger partial charge in [0.05, 0.1) is 33.8 Å². The molecule has 10 heteroatoms. The number of hydrogen-bond acceptors (Lipinski definition) is 4. The number of H-pyrrole nitrogens is 2. The zero-order chi connectivity index (χ0) is 40.0. The molecule has 2 unspecified atom stereocenters. The maximum Gasteiger partial charge on any atom is 0.510 e. The Morgan fingerprint density at radius 1 is 0.554 bits per heavy atom. The molecule has 2 aliphatic rings. The second kappa shape index (κ2) is 16.0. The number of allylic oxidation sites excluding steroid dienone is 4. The van der Waals surface area contributed by atoms with Crippen LogP contribution in [0.2, 0.25) is 0 Å². The Hall–Kier alpha value is -4.84. The van der Waals surface area contributed by atoms with E-state index >= 15 is 0 Å². The average Bonchev–Trinajstić information content (AvgIpc) is 3.85. The standard InChI is InChI=1S/C46H48N4O4P2/c1-9-33-27(7)43-41(31-17-13-29(14-18-31)23-55(51)52)45-36(12-4)26(6)38(48-45)22-40-34(10-2)28(8)44(50-40)42(32-19-15-30(16-20-32)24-56(53)54)46-35(11-3)25(5)37(47-46)21-39(33)49-43/h13-22,49-50H,9-12,23-24H2,1-8H3/p+2. The van der Waals surface area contributed by atoms with Gasteiger partial charge < -0.3 is 9.97 Å². The highest BCUT2D eigenvalue weighted by Gasteiger charge is 2.26. The number of fused-ring (bicyclic) bond motifs is 8. The number of nitrogens with zero attached hydrogens (tertiary/aromatic N) is 2. The summed E-state index contributed by atoms with van der Waals surface area (Å²) >= 11 is 0. The van der Waals surface area contributed by atoms with E-state index in [0.29, 0.717) is 0 Å². The summed E-state index contributed by atoms with van der Waals surface area (Å²) in [6, 6.07) is 20.4. The summed E-state index contributed by atoms with van der Waals surface area (Å²) in [6.45, 7) is 17.4. The van der Waals surface area contributed by atoms with Gasteiger partial charge in [0.1, 0.15) is 0 Å². The van der Waals surface area contributed by atoms with Crippen molar-refractivity contribution < 1.29 is 18.9 Å². The molecule has 4 N–H and O–H groups in total. The summed E-state index contributed by atoms with van der Waals surface area (Å²) in [5, 5.41) is 0. The number of aryl methyl sites for hydroxylation is 4. The largest absolute Gasteiger partial charge is 0.510 e. The van der Waals surface area contributed by atoms with Crippen molar-refractivity contribution in [1.29, 1.82) is 0 Å². The van der Waals surface area contributed by atoms with E-state index in [1.807, 2.05) is 24.3 Å². The van der Waals surface area contributed by atoms with Crippen LogP contribution in [0.3, 0.4) is 0 Å². The van der Waals surface area contributed by atoms with Crippen molar-refractivity contribution in [1.82, 2.24) is 19.9 Å². The third-order valence-electron chi connectivity index (χ3n) is 11.6. The Balaban J connectivity index is 1.69. The molecule has 0 spiro atoms. The van der Waals surface area contributed by atoms with E-state index in [1.165, 1.54) is 22.3 Å². The molecular formula is C46H50N4O4P2+2. The molecule has 2 atom stereocenters. The molecule has 2 aromatic carbocycles. The molecule has 286 valence electrons. The lowest BCUT2D eigenvalue weighted by molar-refractivity contribution is 0.500. The van der Waals surface area contributed by atoms with Crippen molar-refractivity contribution >= 4 is 60.4 Å². The minimum absolute atomic E-state index is 0.111. The van der Waals surface area contributed by atoms with Crippen LogP contribution in [0.1, 0.15) is 111 Å². The predicted molar refractivity (Wildman–Crippen MR) is 233 cm³/mol. The molecule has 0 saturated carbocycles. The van der Waals surface area contributed by atoms with E-state index < -0.39 is 16.1 Å². The number of aromatic amines is 2. The predicted octanol–water partition coefficient (Wildman–Crippen LogP) is 12.5. The molecule has 2 aliphatic heterocycles. The van der Waals surface area contributed by atoms with Gasteiger partial charge >= 0.3 is 16.1 Å². The number of rotatable bonds is 10. The van der Waals surface area contributed by atoms with Crippen molar-refractivity contribution in [2.45, 2.75) is 93.4 Å². The van der Waals surface area contributed by atoms with Gasteiger partial charge in [-0.25, -0.2) is 9.97 Å². The fourth-order valence-electron chi connectivity index (χ4n) is 8.68. The molecule has 3 aromatic heterocycles. The molecule has 5 heterocycles. The van der Waals surface area contributed by atoms with Crippen molar-refractivity contribution in [3.63, 3.8) is 0 Å². The van der Waals surface area contributed by atoms with Crippen LogP contribution in [-0.4, -0.2) is 29.7 Å².